The van der Waals surface area contributed by atoms with E-state index in [0.717, 1.165) is 25.4 Å². The van der Waals surface area contributed by atoms with Crippen LogP contribution in [-0.2, 0) is 6.54 Å². The highest BCUT2D eigenvalue weighted by molar-refractivity contribution is 5.38. The van der Waals surface area contributed by atoms with Crippen molar-refractivity contribution in [2.24, 2.45) is 5.73 Å². The Kier molecular flexibility index (Phi) is 5.25. The third kappa shape index (κ3) is 3.76. The normalized spacial score (nSPS) is 25.8. The fraction of sp³-hybridized carbons (Fsp3) is 0.647. The smallest absolute Gasteiger partial charge is 0.123 e. The van der Waals surface area contributed by atoms with Gasteiger partial charge in [0.1, 0.15) is 5.75 Å². The van der Waals surface area contributed by atoms with Crippen molar-refractivity contribution in [1.82, 2.24) is 9.80 Å². The maximum absolute atomic E-state index is 6.01. The van der Waals surface area contributed by atoms with Crippen molar-refractivity contribution >= 4 is 0 Å². The quantitative estimate of drug-likeness (QED) is 0.924. The van der Waals surface area contributed by atoms with E-state index in [1.165, 1.54) is 11.1 Å². The second kappa shape index (κ2) is 6.77. The molecule has 0 bridgehead atoms. The van der Waals surface area contributed by atoms with Gasteiger partial charge in [-0.05, 0) is 45.5 Å². The van der Waals surface area contributed by atoms with Gasteiger partial charge in [-0.25, -0.2) is 0 Å². The van der Waals surface area contributed by atoms with Crippen LogP contribution in [0.3, 0.4) is 0 Å². The molecule has 1 aromatic carbocycles. The zero-order valence-electron chi connectivity index (χ0n) is 14.0. The standard InChI is InChI=1S/C17H29N3O/c1-12-9-20(10-13(2)19(12)4)11-16-8-15(14(3)18)6-7-17(16)21-5/h6-8,12-14H,9-11,18H2,1-5H3. The SMILES string of the molecule is COc1ccc(C(C)N)cc1CN1CC(C)N(C)C(C)C1. The Labute approximate surface area is 128 Å². The maximum Gasteiger partial charge on any atom is 0.123 e. The van der Waals surface area contributed by atoms with E-state index in [1.54, 1.807) is 7.11 Å². The van der Waals surface area contributed by atoms with E-state index in [9.17, 15) is 0 Å². The molecule has 2 rings (SSSR count). The molecule has 21 heavy (non-hydrogen) atoms. The van der Waals surface area contributed by atoms with Crippen molar-refractivity contribution < 1.29 is 4.74 Å². The molecule has 4 nitrogen and oxygen atoms in total. The van der Waals surface area contributed by atoms with Gasteiger partial charge in [-0.3, -0.25) is 9.80 Å². The largest absolute Gasteiger partial charge is 0.496 e. The first kappa shape index (κ1) is 16.3. The van der Waals surface area contributed by atoms with Crippen molar-refractivity contribution in [2.75, 3.05) is 27.2 Å². The van der Waals surface area contributed by atoms with Gasteiger partial charge in [0.25, 0.3) is 0 Å². The van der Waals surface area contributed by atoms with Crippen LogP contribution >= 0.6 is 0 Å². The van der Waals surface area contributed by atoms with Crippen molar-refractivity contribution in [2.45, 2.75) is 45.4 Å². The Hall–Kier alpha value is -1.10. The van der Waals surface area contributed by atoms with Gasteiger partial charge in [0.15, 0.2) is 0 Å². The van der Waals surface area contributed by atoms with Crippen molar-refractivity contribution in [3.8, 4) is 5.75 Å². The minimum Gasteiger partial charge on any atom is -0.496 e. The van der Waals surface area contributed by atoms with Gasteiger partial charge >= 0.3 is 0 Å². The lowest BCUT2D eigenvalue weighted by atomic mass is 10.0. The number of nitrogens with zero attached hydrogens (tertiary/aromatic N) is 2. The van der Waals surface area contributed by atoms with Crippen LogP contribution in [-0.4, -0.2) is 49.1 Å². The summed E-state index contributed by atoms with van der Waals surface area (Å²) < 4.78 is 5.52. The molecule has 4 heteroatoms. The van der Waals surface area contributed by atoms with Gasteiger partial charge in [-0.2, -0.15) is 0 Å². The number of rotatable bonds is 4. The fourth-order valence-corrected chi connectivity index (χ4v) is 3.09. The zero-order chi connectivity index (χ0) is 15.6. The van der Waals surface area contributed by atoms with Crippen LogP contribution in [0, 0.1) is 0 Å². The number of piperazine rings is 1. The predicted molar refractivity (Wildman–Crippen MR) is 87.6 cm³/mol. The molecule has 0 aromatic heterocycles. The first-order valence-electron chi connectivity index (χ1n) is 7.79. The molecule has 0 radical (unpaired) electrons. The number of likely N-dealkylation sites (N-methyl/N-ethyl adjacent to an activating group) is 1. The lowest BCUT2D eigenvalue weighted by molar-refractivity contribution is 0.0552. The number of hydrogen-bond acceptors (Lipinski definition) is 4. The molecule has 1 fully saturated rings. The number of ether oxygens (including phenoxy) is 1. The molecule has 1 aliphatic rings. The Balaban J connectivity index is 2.16. The first-order valence-corrected chi connectivity index (χ1v) is 7.79. The predicted octanol–water partition coefficient (Wildman–Crippen LogP) is 2.24. The Morgan fingerprint density at radius 3 is 2.43 bits per heavy atom. The third-order valence-corrected chi connectivity index (χ3v) is 4.66. The molecule has 1 saturated heterocycles. The molecule has 118 valence electrons. The van der Waals surface area contributed by atoms with Crippen LogP contribution in [0.5, 0.6) is 5.75 Å². The number of nitrogens with two attached hydrogens (primary N) is 1. The fourth-order valence-electron chi connectivity index (χ4n) is 3.09. The summed E-state index contributed by atoms with van der Waals surface area (Å²) >= 11 is 0. The van der Waals surface area contributed by atoms with Crippen LogP contribution in [0.4, 0.5) is 0 Å². The molecule has 0 spiro atoms. The summed E-state index contributed by atoms with van der Waals surface area (Å²) in [6, 6.07) is 7.50. The maximum atomic E-state index is 6.01. The summed E-state index contributed by atoms with van der Waals surface area (Å²) in [6.07, 6.45) is 0. The average Bonchev–Trinajstić information content (AvgIpc) is 2.44. The number of benzene rings is 1. The molecule has 1 aliphatic heterocycles. The van der Waals surface area contributed by atoms with Gasteiger partial charge in [-0.15, -0.1) is 0 Å². The Bertz CT molecular complexity index is 463. The minimum absolute atomic E-state index is 0.0555. The second-order valence-electron chi connectivity index (χ2n) is 6.42. The molecule has 0 amide bonds. The molecular weight excluding hydrogens is 262 g/mol. The van der Waals surface area contributed by atoms with Gasteiger partial charge < -0.3 is 10.5 Å². The van der Waals surface area contributed by atoms with E-state index in [4.69, 9.17) is 10.5 Å². The summed E-state index contributed by atoms with van der Waals surface area (Å²) in [7, 11) is 3.95. The third-order valence-electron chi connectivity index (χ3n) is 4.66. The van der Waals surface area contributed by atoms with E-state index in [0.29, 0.717) is 12.1 Å². The molecular formula is C17H29N3O. The van der Waals surface area contributed by atoms with Gasteiger partial charge in [0.05, 0.1) is 7.11 Å². The summed E-state index contributed by atoms with van der Waals surface area (Å²) in [5.41, 5.74) is 8.41. The van der Waals surface area contributed by atoms with E-state index in [-0.39, 0.29) is 6.04 Å². The molecule has 0 aliphatic carbocycles. The van der Waals surface area contributed by atoms with Crippen LogP contribution in [0.2, 0.25) is 0 Å². The van der Waals surface area contributed by atoms with E-state index >= 15 is 0 Å². The van der Waals surface area contributed by atoms with Gasteiger partial charge in [0.2, 0.25) is 0 Å². The molecule has 0 saturated carbocycles. The highest BCUT2D eigenvalue weighted by atomic mass is 16.5. The summed E-state index contributed by atoms with van der Waals surface area (Å²) in [6.45, 7) is 9.70. The topological polar surface area (TPSA) is 41.7 Å². The number of hydrogen-bond donors (Lipinski definition) is 1. The summed E-state index contributed by atoms with van der Waals surface area (Å²) in [5, 5.41) is 0. The Morgan fingerprint density at radius 1 is 1.29 bits per heavy atom. The van der Waals surface area contributed by atoms with Crippen LogP contribution in [0.1, 0.15) is 37.9 Å². The molecule has 1 heterocycles. The van der Waals surface area contributed by atoms with Crippen molar-refractivity contribution in [3.63, 3.8) is 0 Å². The van der Waals surface area contributed by atoms with Crippen LogP contribution in [0.25, 0.3) is 0 Å². The lowest BCUT2D eigenvalue weighted by Gasteiger charge is -2.42. The second-order valence-corrected chi connectivity index (χ2v) is 6.42. The molecule has 2 N–H and O–H groups in total. The lowest BCUT2D eigenvalue weighted by Crippen LogP contribution is -2.54. The molecule has 3 unspecified atom stereocenters. The van der Waals surface area contributed by atoms with Gasteiger partial charge in [0, 0.05) is 43.3 Å². The highest BCUT2D eigenvalue weighted by Crippen LogP contribution is 2.25. The Morgan fingerprint density at radius 2 is 1.90 bits per heavy atom. The van der Waals surface area contributed by atoms with E-state index in [2.05, 4.69) is 42.8 Å². The monoisotopic (exact) mass is 291 g/mol. The summed E-state index contributed by atoms with van der Waals surface area (Å²) in [5.74, 6) is 0.957. The van der Waals surface area contributed by atoms with E-state index in [1.807, 2.05) is 13.0 Å². The minimum atomic E-state index is 0.0555. The van der Waals surface area contributed by atoms with Gasteiger partial charge in [-0.1, -0.05) is 6.07 Å². The van der Waals surface area contributed by atoms with Crippen molar-refractivity contribution in [3.05, 3.63) is 29.3 Å². The first-order chi connectivity index (χ1) is 9.92. The summed E-state index contributed by atoms with van der Waals surface area (Å²) in [4.78, 5) is 4.96. The van der Waals surface area contributed by atoms with Crippen LogP contribution < -0.4 is 10.5 Å². The zero-order valence-corrected chi connectivity index (χ0v) is 14.0. The number of methoxy groups -OCH3 is 1. The highest BCUT2D eigenvalue weighted by Gasteiger charge is 2.26. The van der Waals surface area contributed by atoms with Crippen LogP contribution in [0.15, 0.2) is 18.2 Å². The van der Waals surface area contributed by atoms with E-state index < -0.39 is 0 Å². The molecule has 3 atom stereocenters. The molecule has 1 aromatic rings. The average molecular weight is 291 g/mol. The van der Waals surface area contributed by atoms with Crippen molar-refractivity contribution in [1.29, 1.82) is 0 Å².